The van der Waals surface area contributed by atoms with E-state index in [1.165, 1.54) is 6.20 Å². The SMILES string of the molecule is CC(C)CC(O)CNc1cnn(CCO)c(=O)c1Cl. The molecule has 7 heteroatoms. The largest absolute Gasteiger partial charge is 0.394 e. The molecule has 0 aliphatic carbocycles. The van der Waals surface area contributed by atoms with Crippen molar-refractivity contribution in [1.82, 2.24) is 9.78 Å². The van der Waals surface area contributed by atoms with Crippen LogP contribution in [-0.4, -0.2) is 39.2 Å². The zero-order chi connectivity index (χ0) is 14.4. The number of anilines is 1. The molecule has 3 N–H and O–H groups in total. The van der Waals surface area contributed by atoms with Crippen molar-refractivity contribution in [2.75, 3.05) is 18.5 Å². The second-order valence-corrected chi connectivity index (χ2v) is 5.17. The van der Waals surface area contributed by atoms with Crippen LogP contribution in [0.25, 0.3) is 0 Å². The van der Waals surface area contributed by atoms with Crippen LogP contribution in [0.15, 0.2) is 11.0 Å². The zero-order valence-corrected chi connectivity index (χ0v) is 11.9. The van der Waals surface area contributed by atoms with Crippen molar-refractivity contribution in [3.63, 3.8) is 0 Å². The van der Waals surface area contributed by atoms with E-state index in [0.29, 0.717) is 24.6 Å². The summed E-state index contributed by atoms with van der Waals surface area (Å²) in [4.78, 5) is 11.8. The standard InChI is InChI=1S/C12H20ClN3O3/c1-8(2)5-9(18)6-14-10-7-15-16(3-4-17)12(19)11(10)13/h7-9,14,17-18H,3-6H2,1-2H3. The number of hydrogen-bond donors (Lipinski definition) is 3. The minimum atomic E-state index is -0.504. The molecule has 0 spiro atoms. The van der Waals surface area contributed by atoms with E-state index in [0.717, 1.165) is 4.68 Å². The first kappa shape index (κ1) is 15.9. The summed E-state index contributed by atoms with van der Waals surface area (Å²) in [6, 6.07) is 0. The minimum Gasteiger partial charge on any atom is -0.394 e. The molecular formula is C12H20ClN3O3. The molecule has 1 heterocycles. The Morgan fingerprint density at radius 1 is 1.53 bits per heavy atom. The lowest BCUT2D eigenvalue weighted by atomic mass is 10.1. The summed E-state index contributed by atoms with van der Waals surface area (Å²) in [7, 11) is 0. The van der Waals surface area contributed by atoms with Crippen LogP contribution in [-0.2, 0) is 6.54 Å². The lowest BCUT2D eigenvalue weighted by Crippen LogP contribution is -2.27. The molecule has 1 aromatic heterocycles. The summed E-state index contributed by atoms with van der Waals surface area (Å²) in [6.45, 7) is 4.28. The van der Waals surface area contributed by atoms with Gasteiger partial charge in [-0.25, -0.2) is 4.68 Å². The summed E-state index contributed by atoms with van der Waals surface area (Å²) in [5.41, 5.74) is -0.0669. The van der Waals surface area contributed by atoms with E-state index in [1.807, 2.05) is 13.8 Å². The molecule has 6 nitrogen and oxygen atoms in total. The maximum absolute atomic E-state index is 11.8. The quantitative estimate of drug-likeness (QED) is 0.688. The third-order valence-corrected chi connectivity index (χ3v) is 2.93. The van der Waals surface area contributed by atoms with Gasteiger partial charge in [-0.15, -0.1) is 0 Å². The molecule has 0 fully saturated rings. The summed E-state index contributed by atoms with van der Waals surface area (Å²) in [5.74, 6) is 0.392. The number of nitrogens with one attached hydrogen (secondary N) is 1. The van der Waals surface area contributed by atoms with Gasteiger partial charge in [0, 0.05) is 6.54 Å². The number of aliphatic hydroxyl groups is 2. The molecule has 1 unspecified atom stereocenters. The van der Waals surface area contributed by atoms with Gasteiger partial charge in [0.2, 0.25) is 0 Å². The van der Waals surface area contributed by atoms with E-state index >= 15 is 0 Å². The average Bonchev–Trinajstić information content (AvgIpc) is 2.33. The Morgan fingerprint density at radius 3 is 2.79 bits per heavy atom. The van der Waals surface area contributed by atoms with E-state index in [1.54, 1.807) is 0 Å². The molecule has 1 rings (SSSR count). The van der Waals surface area contributed by atoms with Gasteiger partial charge in [-0.05, 0) is 12.3 Å². The number of aromatic nitrogens is 2. The molecular weight excluding hydrogens is 270 g/mol. The van der Waals surface area contributed by atoms with Crippen LogP contribution in [0.4, 0.5) is 5.69 Å². The highest BCUT2D eigenvalue weighted by molar-refractivity contribution is 6.32. The molecule has 0 aromatic carbocycles. The highest BCUT2D eigenvalue weighted by Crippen LogP contribution is 2.15. The molecule has 0 aliphatic heterocycles. The summed E-state index contributed by atoms with van der Waals surface area (Å²) >= 11 is 5.92. The predicted octanol–water partition coefficient (Wildman–Crippen LogP) is 0.708. The molecule has 0 radical (unpaired) electrons. The minimum absolute atomic E-state index is 0.0141. The predicted molar refractivity (Wildman–Crippen MR) is 74.5 cm³/mol. The zero-order valence-electron chi connectivity index (χ0n) is 11.1. The Balaban J connectivity index is 2.70. The molecule has 0 saturated carbocycles. The molecule has 19 heavy (non-hydrogen) atoms. The fourth-order valence-corrected chi connectivity index (χ4v) is 1.91. The van der Waals surface area contributed by atoms with Gasteiger partial charge in [0.1, 0.15) is 5.02 Å². The maximum atomic E-state index is 11.8. The van der Waals surface area contributed by atoms with Crippen LogP contribution in [0.2, 0.25) is 5.02 Å². The van der Waals surface area contributed by atoms with Crippen molar-refractivity contribution in [3.8, 4) is 0 Å². The van der Waals surface area contributed by atoms with Crippen molar-refractivity contribution in [2.24, 2.45) is 5.92 Å². The molecule has 1 atom stereocenters. The maximum Gasteiger partial charge on any atom is 0.287 e. The highest BCUT2D eigenvalue weighted by Gasteiger charge is 2.11. The summed E-state index contributed by atoms with van der Waals surface area (Å²) in [5, 5.41) is 25.3. The lowest BCUT2D eigenvalue weighted by molar-refractivity contribution is 0.161. The van der Waals surface area contributed by atoms with Gasteiger partial charge in [0.15, 0.2) is 0 Å². The average molecular weight is 290 g/mol. The highest BCUT2D eigenvalue weighted by atomic mass is 35.5. The van der Waals surface area contributed by atoms with Crippen LogP contribution in [0.1, 0.15) is 20.3 Å². The molecule has 0 saturated heterocycles. The van der Waals surface area contributed by atoms with E-state index in [2.05, 4.69) is 10.4 Å². The van der Waals surface area contributed by atoms with E-state index in [9.17, 15) is 9.90 Å². The van der Waals surface area contributed by atoms with E-state index in [-0.39, 0.29) is 18.2 Å². The van der Waals surface area contributed by atoms with Crippen LogP contribution in [0, 0.1) is 5.92 Å². The van der Waals surface area contributed by atoms with Crippen molar-refractivity contribution < 1.29 is 10.2 Å². The first-order valence-corrected chi connectivity index (χ1v) is 6.62. The van der Waals surface area contributed by atoms with Crippen LogP contribution >= 0.6 is 11.6 Å². The van der Waals surface area contributed by atoms with Crippen molar-refractivity contribution in [1.29, 1.82) is 0 Å². The van der Waals surface area contributed by atoms with Crippen molar-refractivity contribution in [2.45, 2.75) is 32.9 Å². The van der Waals surface area contributed by atoms with E-state index < -0.39 is 11.7 Å². The van der Waals surface area contributed by atoms with Gasteiger partial charge < -0.3 is 15.5 Å². The summed E-state index contributed by atoms with van der Waals surface area (Å²) < 4.78 is 1.10. The first-order valence-electron chi connectivity index (χ1n) is 6.24. The smallest absolute Gasteiger partial charge is 0.287 e. The fraction of sp³-hybridized carbons (Fsp3) is 0.667. The van der Waals surface area contributed by atoms with Gasteiger partial charge in [-0.3, -0.25) is 4.79 Å². The van der Waals surface area contributed by atoms with Gasteiger partial charge in [0.05, 0.1) is 31.1 Å². The normalized spacial score (nSPS) is 12.7. The molecule has 108 valence electrons. The fourth-order valence-electron chi connectivity index (χ4n) is 1.70. The second kappa shape index (κ2) is 7.47. The van der Waals surface area contributed by atoms with Crippen LogP contribution < -0.4 is 10.9 Å². The Hall–Kier alpha value is -1.11. The number of halogens is 1. The first-order chi connectivity index (χ1) is 8.95. The lowest BCUT2D eigenvalue weighted by Gasteiger charge is -2.15. The van der Waals surface area contributed by atoms with Crippen molar-refractivity contribution in [3.05, 3.63) is 21.6 Å². The van der Waals surface area contributed by atoms with Crippen LogP contribution in [0.5, 0.6) is 0 Å². The molecule has 0 aliphatic rings. The Kier molecular flexibility index (Phi) is 6.27. The number of hydrogen-bond acceptors (Lipinski definition) is 5. The number of rotatable bonds is 7. The topological polar surface area (TPSA) is 87.4 Å². The van der Waals surface area contributed by atoms with E-state index in [4.69, 9.17) is 16.7 Å². The number of nitrogens with zero attached hydrogens (tertiary/aromatic N) is 2. The second-order valence-electron chi connectivity index (χ2n) is 4.79. The third kappa shape index (κ3) is 4.81. The number of aliphatic hydroxyl groups excluding tert-OH is 2. The Labute approximate surface area is 117 Å². The van der Waals surface area contributed by atoms with Gasteiger partial charge in [0.25, 0.3) is 5.56 Å². The van der Waals surface area contributed by atoms with Crippen molar-refractivity contribution >= 4 is 17.3 Å². The Morgan fingerprint density at radius 2 is 2.21 bits per heavy atom. The van der Waals surface area contributed by atoms with Crippen LogP contribution in [0.3, 0.4) is 0 Å². The molecule has 0 bridgehead atoms. The van der Waals surface area contributed by atoms with Gasteiger partial charge >= 0.3 is 0 Å². The monoisotopic (exact) mass is 289 g/mol. The summed E-state index contributed by atoms with van der Waals surface area (Å²) in [6.07, 6.45) is 1.58. The third-order valence-electron chi connectivity index (χ3n) is 2.57. The molecule has 0 amide bonds. The molecule has 1 aromatic rings. The van der Waals surface area contributed by atoms with Gasteiger partial charge in [-0.1, -0.05) is 25.4 Å². The van der Waals surface area contributed by atoms with Gasteiger partial charge in [-0.2, -0.15) is 5.10 Å². The Bertz CT molecular complexity index is 462.